The Morgan fingerprint density at radius 1 is 1.27 bits per heavy atom. The van der Waals surface area contributed by atoms with Gasteiger partial charge in [-0.25, -0.2) is 9.67 Å². The average molecular weight is 290 g/mol. The van der Waals surface area contributed by atoms with Crippen molar-refractivity contribution < 1.29 is 0 Å². The van der Waals surface area contributed by atoms with Crippen LogP contribution in [0, 0.1) is 11.3 Å². The van der Waals surface area contributed by atoms with Gasteiger partial charge in [0.25, 0.3) is 0 Å². The second-order valence-corrected chi connectivity index (χ2v) is 4.85. The highest BCUT2D eigenvalue weighted by molar-refractivity contribution is 5.41. The highest BCUT2D eigenvalue weighted by Gasteiger charge is 2.07. The third-order valence-corrected chi connectivity index (χ3v) is 3.22. The summed E-state index contributed by atoms with van der Waals surface area (Å²) in [6.45, 7) is 0.646. The summed E-state index contributed by atoms with van der Waals surface area (Å²) in [5.41, 5.74) is 1.70. The van der Waals surface area contributed by atoms with Gasteiger partial charge in [0.15, 0.2) is 5.82 Å². The van der Waals surface area contributed by atoms with E-state index in [0.717, 1.165) is 11.4 Å². The SMILES string of the molecule is CN(Cc1cccc(C#N)c1)c1cncc(-n2cccn2)n1. The Balaban J connectivity index is 1.82. The van der Waals surface area contributed by atoms with Gasteiger partial charge in [-0.3, -0.25) is 4.98 Å². The molecule has 2 aromatic heterocycles. The highest BCUT2D eigenvalue weighted by Crippen LogP contribution is 2.14. The van der Waals surface area contributed by atoms with Crippen LogP contribution in [0.1, 0.15) is 11.1 Å². The van der Waals surface area contributed by atoms with Crippen LogP contribution in [0.15, 0.2) is 55.1 Å². The Kier molecular flexibility index (Phi) is 3.79. The molecule has 22 heavy (non-hydrogen) atoms. The van der Waals surface area contributed by atoms with Crippen molar-refractivity contribution >= 4 is 5.82 Å². The fourth-order valence-corrected chi connectivity index (χ4v) is 2.14. The van der Waals surface area contributed by atoms with Crippen molar-refractivity contribution in [2.75, 3.05) is 11.9 Å². The zero-order chi connectivity index (χ0) is 15.4. The maximum atomic E-state index is 8.96. The van der Waals surface area contributed by atoms with Gasteiger partial charge < -0.3 is 4.90 Å². The first-order chi connectivity index (χ1) is 10.8. The lowest BCUT2D eigenvalue weighted by molar-refractivity contribution is 0.818. The van der Waals surface area contributed by atoms with Crippen molar-refractivity contribution in [2.45, 2.75) is 6.54 Å². The standard InChI is InChI=1S/C16H14N6/c1-21(12-14-5-2-4-13(8-14)9-17)15-10-18-11-16(20-15)22-7-3-6-19-22/h2-8,10-11H,12H2,1H3. The van der Waals surface area contributed by atoms with Crippen LogP contribution in [0.3, 0.4) is 0 Å². The van der Waals surface area contributed by atoms with Gasteiger partial charge in [0.05, 0.1) is 24.0 Å². The minimum atomic E-state index is 0.646. The van der Waals surface area contributed by atoms with Crippen LogP contribution >= 0.6 is 0 Å². The summed E-state index contributed by atoms with van der Waals surface area (Å²) in [6, 6.07) is 11.5. The molecular weight excluding hydrogens is 276 g/mol. The number of benzene rings is 1. The van der Waals surface area contributed by atoms with E-state index < -0.39 is 0 Å². The molecule has 0 saturated heterocycles. The summed E-state index contributed by atoms with van der Waals surface area (Å²) in [7, 11) is 1.94. The van der Waals surface area contributed by atoms with Crippen LogP contribution in [0.2, 0.25) is 0 Å². The Hall–Kier alpha value is -3.20. The van der Waals surface area contributed by atoms with Crippen LogP contribution in [0.4, 0.5) is 5.82 Å². The van der Waals surface area contributed by atoms with Crippen LogP contribution in [0.5, 0.6) is 0 Å². The molecular formula is C16H14N6. The third kappa shape index (κ3) is 2.94. The minimum absolute atomic E-state index is 0.646. The number of hydrogen-bond donors (Lipinski definition) is 0. The van der Waals surface area contributed by atoms with E-state index in [1.54, 1.807) is 29.3 Å². The molecule has 2 heterocycles. The molecule has 0 fully saturated rings. The summed E-state index contributed by atoms with van der Waals surface area (Å²) >= 11 is 0. The molecule has 0 radical (unpaired) electrons. The summed E-state index contributed by atoms with van der Waals surface area (Å²) < 4.78 is 1.67. The Morgan fingerprint density at radius 2 is 2.18 bits per heavy atom. The summed E-state index contributed by atoms with van der Waals surface area (Å²) in [5.74, 6) is 1.41. The Morgan fingerprint density at radius 3 is 2.95 bits per heavy atom. The second kappa shape index (κ2) is 6.06. The van der Waals surface area contributed by atoms with Crippen molar-refractivity contribution in [3.8, 4) is 11.9 Å². The lowest BCUT2D eigenvalue weighted by atomic mass is 10.1. The molecule has 3 rings (SSSR count). The van der Waals surface area contributed by atoms with E-state index in [-0.39, 0.29) is 0 Å². The fourth-order valence-electron chi connectivity index (χ4n) is 2.14. The molecule has 0 atom stereocenters. The Labute approximate surface area is 128 Å². The van der Waals surface area contributed by atoms with Crippen molar-refractivity contribution in [2.24, 2.45) is 0 Å². The first-order valence-corrected chi connectivity index (χ1v) is 6.78. The van der Waals surface area contributed by atoms with Gasteiger partial charge >= 0.3 is 0 Å². The number of aromatic nitrogens is 4. The van der Waals surface area contributed by atoms with Crippen molar-refractivity contribution in [1.82, 2.24) is 19.7 Å². The molecule has 0 amide bonds. The van der Waals surface area contributed by atoms with Gasteiger partial charge in [-0.2, -0.15) is 10.4 Å². The van der Waals surface area contributed by atoms with E-state index in [2.05, 4.69) is 21.1 Å². The van der Waals surface area contributed by atoms with Gasteiger partial charge in [0.2, 0.25) is 0 Å². The summed E-state index contributed by atoms with van der Waals surface area (Å²) in [4.78, 5) is 10.8. The van der Waals surface area contributed by atoms with Gasteiger partial charge in [0.1, 0.15) is 5.82 Å². The quantitative estimate of drug-likeness (QED) is 0.736. The Bertz CT molecular complexity index is 804. The van der Waals surface area contributed by atoms with Crippen molar-refractivity contribution in [3.63, 3.8) is 0 Å². The predicted molar refractivity (Wildman–Crippen MR) is 82.4 cm³/mol. The molecule has 6 nitrogen and oxygen atoms in total. The number of rotatable bonds is 4. The molecule has 3 aromatic rings. The van der Waals surface area contributed by atoms with Crippen LogP contribution in [0.25, 0.3) is 5.82 Å². The predicted octanol–water partition coefficient (Wildman–Crippen LogP) is 2.17. The average Bonchev–Trinajstić information content (AvgIpc) is 3.09. The van der Waals surface area contributed by atoms with Gasteiger partial charge in [-0.1, -0.05) is 12.1 Å². The number of anilines is 1. The molecule has 6 heteroatoms. The molecule has 0 aliphatic carbocycles. The largest absolute Gasteiger partial charge is 0.354 e. The number of nitriles is 1. The van der Waals surface area contributed by atoms with E-state index in [1.807, 2.05) is 42.4 Å². The zero-order valence-electron chi connectivity index (χ0n) is 12.1. The lowest BCUT2D eigenvalue weighted by Crippen LogP contribution is -2.18. The molecule has 0 N–H and O–H groups in total. The first kappa shape index (κ1) is 13.8. The molecule has 0 unspecified atom stereocenters. The summed E-state index contributed by atoms with van der Waals surface area (Å²) in [5, 5.41) is 13.1. The van der Waals surface area contributed by atoms with Crippen LogP contribution < -0.4 is 4.90 Å². The van der Waals surface area contributed by atoms with Crippen LogP contribution in [-0.2, 0) is 6.54 Å². The monoisotopic (exact) mass is 290 g/mol. The van der Waals surface area contributed by atoms with Crippen molar-refractivity contribution in [1.29, 1.82) is 5.26 Å². The van der Waals surface area contributed by atoms with E-state index in [0.29, 0.717) is 17.9 Å². The molecule has 0 bridgehead atoms. The van der Waals surface area contributed by atoms with E-state index in [4.69, 9.17) is 5.26 Å². The molecule has 108 valence electrons. The fraction of sp³-hybridized carbons (Fsp3) is 0.125. The number of nitrogens with zero attached hydrogens (tertiary/aromatic N) is 6. The lowest BCUT2D eigenvalue weighted by Gasteiger charge is -2.18. The molecule has 0 aliphatic heterocycles. The van der Waals surface area contributed by atoms with Gasteiger partial charge in [0, 0.05) is 26.0 Å². The van der Waals surface area contributed by atoms with Gasteiger partial charge in [-0.15, -0.1) is 0 Å². The maximum Gasteiger partial charge on any atom is 0.173 e. The topological polar surface area (TPSA) is 70.6 Å². The molecule has 0 spiro atoms. The minimum Gasteiger partial charge on any atom is -0.354 e. The van der Waals surface area contributed by atoms with Crippen LogP contribution in [-0.4, -0.2) is 26.8 Å². The van der Waals surface area contributed by atoms with E-state index >= 15 is 0 Å². The van der Waals surface area contributed by atoms with E-state index in [9.17, 15) is 0 Å². The molecule has 0 aliphatic rings. The zero-order valence-corrected chi connectivity index (χ0v) is 12.1. The first-order valence-electron chi connectivity index (χ1n) is 6.78. The van der Waals surface area contributed by atoms with E-state index in [1.165, 1.54) is 0 Å². The summed E-state index contributed by atoms with van der Waals surface area (Å²) in [6.07, 6.45) is 6.90. The van der Waals surface area contributed by atoms with Gasteiger partial charge in [-0.05, 0) is 23.8 Å². The normalized spacial score (nSPS) is 10.2. The molecule has 0 saturated carbocycles. The smallest absolute Gasteiger partial charge is 0.173 e. The third-order valence-electron chi connectivity index (χ3n) is 3.22. The highest BCUT2D eigenvalue weighted by atomic mass is 15.3. The maximum absolute atomic E-state index is 8.96. The number of hydrogen-bond acceptors (Lipinski definition) is 5. The van der Waals surface area contributed by atoms with Crippen molar-refractivity contribution in [3.05, 3.63) is 66.2 Å². The second-order valence-electron chi connectivity index (χ2n) is 4.85. The molecule has 1 aromatic carbocycles.